The molecule has 1 aromatic rings. The van der Waals surface area contributed by atoms with E-state index >= 15 is 0 Å². The number of carbonyl (C=O) groups excluding carboxylic acids is 1. The first-order valence-electron chi connectivity index (χ1n) is 6.47. The van der Waals surface area contributed by atoms with E-state index < -0.39 is 17.5 Å². The van der Waals surface area contributed by atoms with Gasteiger partial charge in [-0.05, 0) is 18.9 Å². The van der Waals surface area contributed by atoms with Crippen LogP contribution in [0, 0.1) is 5.92 Å². The van der Waals surface area contributed by atoms with Gasteiger partial charge in [0, 0.05) is 23.9 Å². The van der Waals surface area contributed by atoms with Crippen LogP contribution in [0.3, 0.4) is 0 Å². The largest absolute Gasteiger partial charge is 0.417 e. The van der Waals surface area contributed by atoms with E-state index in [1.165, 1.54) is 0 Å². The highest BCUT2D eigenvalue weighted by molar-refractivity contribution is 5.99. The third-order valence-corrected chi connectivity index (χ3v) is 3.16. The molecule has 0 bridgehead atoms. The Morgan fingerprint density at radius 1 is 1.37 bits per heavy atom. The third-order valence-electron chi connectivity index (χ3n) is 3.16. The highest BCUT2D eigenvalue weighted by atomic mass is 19.4. The summed E-state index contributed by atoms with van der Waals surface area (Å²) in [6.07, 6.45) is 0.501. The molecule has 0 aliphatic carbocycles. The zero-order chi connectivity index (χ0) is 14.5. The predicted molar refractivity (Wildman–Crippen MR) is 66.9 cm³/mol. The maximum Gasteiger partial charge on any atom is 0.417 e. The summed E-state index contributed by atoms with van der Waals surface area (Å²) in [6, 6.07) is 0.861. The number of rotatable bonds is 6. The molecule has 1 atom stereocenters. The minimum absolute atomic E-state index is 0.307. The Hall–Kier alpha value is -1.39. The van der Waals surface area contributed by atoms with Gasteiger partial charge in [0.25, 0.3) is 0 Å². The lowest BCUT2D eigenvalue weighted by Gasteiger charge is -2.16. The second-order valence-electron chi connectivity index (χ2n) is 4.53. The molecule has 0 saturated carbocycles. The molecule has 0 amide bonds. The van der Waals surface area contributed by atoms with E-state index in [0.717, 1.165) is 31.3 Å². The van der Waals surface area contributed by atoms with Crippen molar-refractivity contribution in [2.75, 3.05) is 0 Å². The first-order chi connectivity index (χ1) is 8.91. The van der Waals surface area contributed by atoms with E-state index in [-0.39, 0.29) is 11.5 Å². The molecule has 0 fully saturated rings. The topological polar surface area (TPSA) is 30.0 Å². The van der Waals surface area contributed by atoms with Crippen molar-refractivity contribution < 1.29 is 18.0 Å². The average Bonchev–Trinajstić information content (AvgIpc) is 2.38. The Morgan fingerprint density at radius 2 is 2.05 bits per heavy atom. The highest BCUT2D eigenvalue weighted by Gasteiger charge is 2.36. The molecule has 19 heavy (non-hydrogen) atoms. The molecule has 0 spiro atoms. The molecule has 0 saturated heterocycles. The lowest BCUT2D eigenvalue weighted by molar-refractivity contribution is -0.138. The summed E-state index contributed by atoms with van der Waals surface area (Å²) in [5, 5.41) is 0. The molecule has 0 radical (unpaired) electrons. The van der Waals surface area contributed by atoms with Crippen molar-refractivity contribution >= 4 is 5.78 Å². The maximum atomic E-state index is 12.8. The lowest BCUT2D eigenvalue weighted by Crippen LogP contribution is -2.20. The van der Waals surface area contributed by atoms with Crippen LogP contribution in [0.2, 0.25) is 0 Å². The van der Waals surface area contributed by atoms with Crippen LogP contribution in [0.5, 0.6) is 0 Å². The van der Waals surface area contributed by atoms with Crippen molar-refractivity contribution in [3.63, 3.8) is 0 Å². The van der Waals surface area contributed by atoms with Crippen molar-refractivity contribution in [2.45, 2.75) is 45.7 Å². The van der Waals surface area contributed by atoms with Gasteiger partial charge in [0.15, 0.2) is 5.78 Å². The van der Waals surface area contributed by atoms with Gasteiger partial charge in [-0.2, -0.15) is 13.2 Å². The fourth-order valence-corrected chi connectivity index (χ4v) is 2.03. The molecule has 0 aliphatic rings. The van der Waals surface area contributed by atoms with Gasteiger partial charge in [-0.25, -0.2) is 0 Å². The molecular formula is C14H18F3NO. The number of halogens is 3. The van der Waals surface area contributed by atoms with Crippen LogP contribution in [-0.4, -0.2) is 10.8 Å². The van der Waals surface area contributed by atoms with Crippen LogP contribution in [0.25, 0.3) is 0 Å². The summed E-state index contributed by atoms with van der Waals surface area (Å²) in [5.41, 5.74) is -1.19. The minimum Gasteiger partial charge on any atom is -0.294 e. The molecule has 106 valence electrons. The van der Waals surface area contributed by atoms with Crippen LogP contribution in [0.15, 0.2) is 18.5 Å². The zero-order valence-electron chi connectivity index (χ0n) is 11.1. The number of unbranched alkanes of at least 4 members (excludes halogenated alkanes) is 1. The molecule has 1 aromatic heterocycles. The molecule has 2 nitrogen and oxygen atoms in total. The normalized spacial score (nSPS) is 13.3. The molecule has 1 unspecified atom stereocenters. The Labute approximate surface area is 111 Å². The number of nitrogens with zero attached hydrogens (tertiary/aromatic N) is 1. The monoisotopic (exact) mass is 273 g/mol. The first kappa shape index (κ1) is 15.7. The van der Waals surface area contributed by atoms with Crippen molar-refractivity contribution in [3.8, 4) is 0 Å². The summed E-state index contributed by atoms with van der Waals surface area (Å²) >= 11 is 0. The molecule has 1 heterocycles. The Kier molecular flexibility index (Phi) is 5.51. The summed E-state index contributed by atoms with van der Waals surface area (Å²) in [5.74, 6) is -0.804. The van der Waals surface area contributed by atoms with E-state index in [9.17, 15) is 18.0 Å². The second-order valence-corrected chi connectivity index (χ2v) is 4.53. The van der Waals surface area contributed by atoms with Gasteiger partial charge < -0.3 is 0 Å². The number of hydrogen-bond acceptors (Lipinski definition) is 2. The van der Waals surface area contributed by atoms with E-state index in [1.807, 2.05) is 13.8 Å². The average molecular weight is 273 g/mol. The highest BCUT2D eigenvalue weighted by Crippen LogP contribution is 2.33. The summed E-state index contributed by atoms with van der Waals surface area (Å²) < 4.78 is 38.5. The summed E-state index contributed by atoms with van der Waals surface area (Å²) in [4.78, 5) is 15.9. The van der Waals surface area contributed by atoms with Crippen LogP contribution in [0.4, 0.5) is 13.2 Å². The molecule has 0 aromatic carbocycles. The van der Waals surface area contributed by atoms with Crippen LogP contribution >= 0.6 is 0 Å². The number of pyridine rings is 1. The van der Waals surface area contributed by atoms with Crippen LogP contribution < -0.4 is 0 Å². The van der Waals surface area contributed by atoms with Gasteiger partial charge in [-0.3, -0.25) is 9.78 Å². The van der Waals surface area contributed by atoms with Gasteiger partial charge in [-0.15, -0.1) is 0 Å². The van der Waals surface area contributed by atoms with Gasteiger partial charge in [0.05, 0.1) is 5.56 Å². The van der Waals surface area contributed by atoms with Crippen molar-refractivity contribution in [3.05, 3.63) is 29.6 Å². The van der Waals surface area contributed by atoms with Crippen LogP contribution in [0.1, 0.15) is 55.5 Å². The molecule has 0 aliphatic heterocycles. The molecule has 0 N–H and O–H groups in total. The van der Waals surface area contributed by atoms with E-state index in [2.05, 4.69) is 4.98 Å². The fraction of sp³-hybridized carbons (Fsp3) is 0.571. The van der Waals surface area contributed by atoms with Crippen molar-refractivity contribution in [2.24, 2.45) is 5.92 Å². The van der Waals surface area contributed by atoms with Gasteiger partial charge in [-0.1, -0.05) is 26.7 Å². The predicted octanol–water partition coefficient (Wildman–Crippen LogP) is 4.50. The van der Waals surface area contributed by atoms with E-state index in [4.69, 9.17) is 0 Å². The number of ketones is 1. The van der Waals surface area contributed by atoms with Gasteiger partial charge in [0.1, 0.15) is 0 Å². The minimum atomic E-state index is -4.52. The molecular weight excluding hydrogens is 255 g/mol. The molecule has 5 heteroatoms. The number of aromatic nitrogens is 1. The van der Waals surface area contributed by atoms with Crippen LogP contribution in [-0.2, 0) is 6.18 Å². The standard InChI is InChI=1S/C14H18F3NO/c1-3-5-6-10(4-2)13(19)11-9-18-8-7-12(11)14(15,16)17/h7-10H,3-6H2,1-2H3. The molecule has 1 rings (SSSR count). The van der Waals surface area contributed by atoms with Crippen molar-refractivity contribution in [1.82, 2.24) is 4.98 Å². The first-order valence-corrected chi connectivity index (χ1v) is 6.47. The summed E-state index contributed by atoms with van der Waals surface area (Å²) in [6.45, 7) is 3.81. The smallest absolute Gasteiger partial charge is 0.294 e. The fourth-order valence-electron chi connectivity index (χ4n) is 2.03. The number of alkyl halides is 3. The maximum absolute atomic E-state index is 12.8. The Balaban J connectivity index is 3.05. The summed E-state index contributed by atoms with van der Waals surface area (Å²) in [7, 11) is 0. The zero-order valence-corrected chi connectivity index (χ0v) is 11.1. The number of hydrogen-bond donors (Lipinski definition) is 0. The van der Waals surface area contributed by atoms with Gasteiger partial charge >= 0.3 is 6.18 Å². The van der Waals surface area contributed by atoms with E-state index in [1.54, 1.807) is 0 Å². The lowest BCUT2D eigenvalue weighted by atomic mass is 9.89. The van der Waals surface area contributed by atoms with Crippen molar-refractivity contribution in [1.29, 1.82) is 0 Å². The second kappa shape index (κ2) is 6.68. The SMILES string of the molecule is CCCCC(CC)C(=O)c1cnccc1C(F)(F)F. The Morgan fingerprint density at radius 3 is 2.58 bits per heavy atom. The number of Topliss-reactive ketones (excluding diaryl/α,β-unsaturated/α-hetero) is 1. The van der Waals surface area contributed by atoms with Gasteiger partial charge in [0.2, 0.25) is 0 Å². The Bertz CT molecular complexity index is 429. The third kappa shape index (κ3) is 4.04. The number of carbonyl (C=O) groups is 1. The van der Waals surface area contributed by atoms with E-state index in [0.29, 0.717) is 12.8 Å². The quantitative estimate of drug-likeness (QED) is 0.714.